The topological polar surface area (TPSA) is 137 Å². The number of anilines is 1. The average molecular weight is 482 g/mol. The monoisotopic (exact) mass is 481 g/mol. The summed E-state index contributed by atoms with van der Waals surface area (Å²) in [6.07, 6.45) is 2.10. The first-order valence-electron chi connectivity index (χ1n) is 11.5. The van der Waals surface area contributed by atoms with Gasteiger partial charge in [0.2, 0.25) is 0 Å². The Morgan fingerprint density at radius 1 is 1.26 bits per heavy atom. The summed E-state index contributed by atoms with van der Waals surface area (Å²) in [5.74, 6) is 0.617. The van der Waals surface area contributed by atoms with E-state index in [0.29, 0.717) is 24.3 Å². The lowest BCUT2D eigenvalue weighted by Gasteiger charge is -2.30. The molecule has 10 nitrogen and oxygen atoms in total. The molecule has 186 valence electrons. The number of fused-ring (bicyclic) bond motifs is 1. The van der Waals surface area contributed by atoms with Crippen molar-refractivity contribution in [2.24, 2.45) is 20.6 Å². The Hall–Kier alpha value is -3.50. The first-order chi connectivity index (χ1) is 16.7. The molecular weight excluding hydrogens is 450 g/mol. The number of amides is 1. The van der Waals surface area contributed by atoms with Crippen LogP contribution in [0.15, 0.2) is 51.6 Å². The number of rotatable bonds is 10. The van der Waals surface area contributed by atoms with Crippen LogP contribution in [-0.2, 0) is 10.5 Å². The number of azo groups is 1. The minimum Gasteiger partial charge on any atom is -0.506 e. The first kappa shape index (κ1) is 24.6. The van der Waals surface area contributed by atoms with E-state index in [4.69, 9.17) is 9.47 Å². The number of phenols is 1. The SMILES string of the molecule is COc1ccc(C2(CCC(C)(C)CNCC(O)c3ccc(O)c4c3OCC(=O)N4)N=CN=N2)cc1. The Labute approximate surface area is 204 Å². The van der Waals surface area contributed by atoms with Crippen molar-refractivity contribution in [3.05, 3.63) is 47.5 Å². The molecule has 2 aliphatic rings. The number of aliphatic imine (C=N–C) groups is 1. The summed E-state index contributed by atoms with van der Waals surface area (Å²) < 4.78 is 10.7. The average Bonchev–Trinajstić information content (AvgIpc) is 3.33. The van der Waals surface area contributed by atoms with Crippen LogP contribution >= 0.6 is 0 Å². The highest BCUT2D eigenvalue weighted by Crippen LogP contribution is 2.42. The molecule has 2 heterocycles. The number of hydrogen-bond donors (Lipinski definition) is 4. The van der Waals surface area contributed by atoms with Gasteiger partial charge in [0.15, 0.2) is 18.0 Å². The van der Waals surface area contributed by atoms with Gasteiger partial charge in [0, 0.05) is 24.2 Å². The Morgan fingerprint density at radius 3 is 2.71 bits per heavy atom. The van der Waals surface area contributed by atoms with Gasteiger partial charge >= 0.3 is 0 Å². The summed E-state index contributed by atoms with van der Waals surface area (Å²) in [6.45, 7) is 5.04. The van der Waals surface area contributed by atoms with Gasteiger partial charge in [0.25, 0.3) is 5.91 Å². The van der Waals surface area contributed by atoms with Gasteiger partial charge in [-0.25, -0.2) is 4.99 Å². The van der Waals surface area contributed by atoms with E-state index in [2.05, 4.69) is 39.7 Å². The molecule has 4 rings (SSSR count). The Balaban J connectivity index is 1.35. The molecule has 35 heavy (non-hydrogen) atoms. The number of aliphatic hydroxyl groups is 1. The highest BCUT2D eigenvalue weighted by atomic mass is 16.5. The summed E-state index contributed by atoms with van der Waals surface area (Å²) >= 11 is 0. The maximum atomic E-state index is 11.6. The smallest absolute Gasteiger partial charge is 0.262 e. The lowest BCUT2D eigenvalue weighted by molar-refractivity contribution is -0.118. The zero-order chi connectivity index (χ0) is 25.1. The number of aliphatic hydroxyl groups excluding tert-OH is 1. The normalized spacial score (nSPS) is 19.7. The van der Waals surface area contributed by atoms with Crippen LogP contribution in [-0.4, -0.2) is 49.3 Å². The second kappa shape index (κ2) is 10.0. The van der Waals surface area contributed by atoms with Gasteiger partial charge in [-0.15, -0.1) is 5.11 Å². The van der Waals surface area contributed by atoms with Crippen molar-refractivity contribution in [3.8, 4) is 17.2 Å². The maximum Gasteiger partial charge on any atom is 0.262 e. The third-order valence-corrected chi connectivity index (χ3v) is 6.33. The number of benzene rings is 2. The van der Waals surface area contributed by atoms with E-state index in [9.17, 15) is 15.0 Å². The molecule has 0 radical (unpaired) electrons. The van der Waals surface area contributed by atoms with E-state index < -0.39 is 11.8 Å². The number of hydrogen-bond acceptors (Lipinski definition) is 9. The fourth-order valence-electron chi connectivity index (χ4n) is 4.22. The lowest BCUT2D eigenvalue weighted by Crippen LogP contribution is -2.34. The third-order valence-electron chi connectivity index (χ3n) is 6.33. The molecule has 0 bridgehead atoms. The summed E-state index contributed by atoms with van der Waals surface area (Å²) in [4.78, 5) is 16.2. The van der Waals surface area contributed by atoms with Crippen molar-refractivity contribution in [3.63, 3.8) is 0 Å². The number of ether oxygens (including phenoxy) is 2. The van der Waals surface area contributed by atoms with E-state index in [1.54, 1.807) is 13.2 Å². The van der Waals surface area contributed by atoms with Crippen molar-refractivity contribution in [1.29, 1.82) is 0 Å². The van der Waals surface area contributed by atoms with E-state index in [1.807, 2.05) is 24.3 Å². The standard InChI is InChI=1S/C25H31N5O5/c1-24(2,10-11-25(27-15-28-30-25)16-4-6-17(34-3)7-5-16)14-26-12-20(32)18-8-9-19(31)22-23(18)35-13-21(33)29-22/h4-9,15,20,26,31-32H,10-14H2,1-3H3,(H,29,33). The zero-order valence-corrected chi connectivity index (χ0v) is 20.1. The van der Waals surface area contributed by atoms with E-state index in [1.165, 1.54) is 12.4 Å². The second-order valence-corrected chi connectivity index (χ2v) is 9.53. The van der Waals surface area contributed by atoms with Gasteiger partial charge in [-0.3, -0.25) is 4.79 Å². The number of aromatic hydroxyl groups is 1. The van der Waals surface area contributed by atoms with E-state index >= 15 is 0 Å². The molecule has 0 aromatic heterocycles. The van der Waals surface area contributed by atoms with Crippen LogP contribution in [0.4, 0.5) is 5.69 Å². The molecule has 4 N–H and O–H groups in total. The Bertz CT molecular complexity index is 1120. The zero-order valence-electron chi connectivity index (χ0n) is 20.1. The number of nitrogens with zero attached hydrogens (tertiary/aromatic N) is 3. The number of phenolic OH excluding ortho intramolecular Hbond substituents is 1. The van der Waals surface area contributed by atoms with Crippen LogP contribution in [0, 0.1) is 5.41 Å². The summed E-state index contributed by atoms with van der Waals surface area (Å²) in [7, 11) is 1.63. The van der Waals surface area contributed by atoms with Crippen molar-refractivity contribution >= 4 is 17.9 Å². The van der Waals surface area contributed by atoms with Crippen LogP contribution < -0.4 is 20.1 Å². The van der Waals surface area contributed by atoms with Crippen molar-refractivity contribution < 1.29 is 24.5 Å². The molecule has 2 aromatic rings. The van der Waals surface area contributed by atoms with Crippen molar-refractivity contribution in [2.45, 2.75) is 38.5 Å². The van der Waals surface area contributed by atoms with E-state index in [0.717, 1.165) is 17.7 Å². The molecule has 2 aliphatic heterocycles. The summed E-state index contributed by atoms with van der Waals surface area (Å²) in [6, 6.07) is 10.8. The first-order valence-corrected chi connectivity index (χ1v) is 11.5. The molecule has 0 saturated carbocycles. The maximum absolute atomic E-state index is 11.6. The van der Waals surface area contributed by atoms with E-state index in [-0.39, 0.29) is 35.9 Å². The molecule has 0 fully saturated rings. The van der Waals surface area contributed by atoms with Crippen LogP contribution in [0.5, 0.6) is 17.2 Å². The van der Waals surface area contributed by atoms with Crippen LogP contribution in [0.2, 0.25) is 0 Å². The molecule has 1 amide bonds. The fourth-order valence-corrected chi connectivity index (χ4v) is 4.22. The van der Waals surface area contributed by atoms with Gasteiger partial charge in [-0.1, -0.05) is 26.0 Å². The molecule has 2 unspecified atom stereocenters. The van der Waals surface area contributed by atoms with Gasteiger partial charge < -0.3 is 30.3 Å². The Morgan fingerprint density at radius 2 is 2.03 bits per heavy atom. The van der Waals surface area contributed by atoms with Gasteiger partial charge in [0.1, 0.15) is 23.5 Å². The molecule has 10 heteroatoms. The number of carbonyl (C=O) groups is 1. The number of methoxy groups -OCH3 is 1. The lowest BCUT2D eigenvalue weighted by atomic mass is 9.82. The predicted molar refractivity (Wildman–Crippen MR) is 131 cm³/mol. The molecule has 2 aromatic carbocycles. The van der Waals surface area contributed by atoms with Crippen LogP contribution in [0.1, 0.15) is 43.9 Å². The minimum atomic E-state index is -0.881. The predicted octanol–water partition coefficient (Wildman–Crippen LogP) is 3.51. The summed E-state index contributed by atoms with van der Waals surface area (Å²) in [5.41, 5.74) is 0.788. The summed E-state index contributed by atoms with van der Waals surface area (Å²) in [5, 5.41) is 35.2. The molecule has 0 aliphatic carbocycles. The molecular formula is C25H31N5O5. The third kappa shape index (κ3) is 5.44. The number of nitrogens with one attached hydrogen (secondary N) is 2. The Kier molecular flexibility index (Phi) is 7.04. The van der Waals surface area contributed by atoms with Crippen LogP contribution in [0.25, 0.3) is 0 Å². The fraction of sp³-hybridized carbons (Fsp3) is 0.440. The molecule has 0 saturated heterocycles. The molecule has 2 atom stereocenters. The van der Waals surface area contributed by atoms with Crippen molar-refractivity contribution in [2.75, 3.05) is 32.1 Å². The van der Waals surface area contributed by atoms with Crippen molar-refractivity contribution in [1.82, 2.24) is 5.32 Å². The quantitative estimate of drug-likeness (QED) is 0.383. The number of carbonyl (C=O) groups excluding carboxylic acids is 1. The van der Waals surface area contributed by atoms with Gasteiger partial charge in [-0.2, -0.15) is 5.11 Å². The minimum absolute atomic E-state index is 0.101. The largest absolute Gasteiger partial charge is 0.506 e. The highest BCUT2D eigenvalue weighted by molar-refractivity contribution is 5.97. The molecule has 0 spiro atoms. The van der Waals surface area contributed by atoms with Gasteiger partial charge in [0.05, 0.1) is 13.2 Å². The highest BCUT2D eigenvalue weighted by Gasteiger charge is 2.36. The van der Waals surface area contributed by atoms with Crippen LogP contribution in [0.3, 0.4) is 0 Å². The second-order valence-electron chi connectivity index (χ2n) is 9.53. The van der Waals surface area contributed by atoms with Gasteiger partial charge in [-0.05, 0) is 42.5 Å².